The monoisotopic (exact) mass is 272 g/mol. The van der Waals surface area contributed by atoms with Gasteiger partial charge < -0.3 is 5.32 Å². The van der Waals surface area contributed by atoms with Gasteiger partial charge in [-0.15, -0.1) is 0 Å². The molecule has 1 heterocycles. The van der Waals surface area contributed by atoms with Crippen LogP contribution in [0.5, 0.6) is 0 Å². The number of hydrogen-bond acceptors (Lipinski definition) is 3. The van der Waals surface area contributed by atoms with Gasteiger partial charge in [0.15, 0.2) is 0 Å². The smallest absolute Gasteiger partial charge is 0.137 e. The first-order valence-corrected chi connectivity index (χ1v) is 7.17. The van der Waals surface area contributed by atoms with Crippen molar-refractivity contribution in [1.29, 1.82) is 0 Å². The van der Waals surface area contributed by atoms with Crippen molar-refractivity contribution in [3.05, 3.63) is 48.0 Å². The first kappa shape index (κ1) is 14.7. The molecule has 1 aromatic carbocycles. The fourth-order valence-electron chi connectivity index (χ4n) is 2.26. The van der Waals surface area contributed by atoms with E-state index in [0.717, 1.165) is 13.1 Å². The molecule has 0 aliphatic heterocycles. The molecule has 1 N–H and O–H groups in total. The lowest BCUT2D eigenvalue weighted by Crippen LogP contribution is -2.25. The number of hydrogen-bond donors (Lipinski definition) is 1. The van der Waals surface area contributed by atoms with Gasteiger partial charge in [-0.3, -0.25) is 4.68 Å². The molecule has 2 rings (SSSR count). The summed E-state index contributed by atoms with van der Waals surface area (Å²) in [5.41, 5.74) is 2.84. The van der Waals surface area contributed by atoms with Gasteiger partial charge in [0.25, 0.3) is 0 Å². The minimum absolute atomic E-state index is 0.193. The molecule has 1 unspecified atom stereocenters. The van der Waals surface area contributed by atoms with Crippen molar-refractivity contribution >= 4 is 0 Å². The Bertz CT molecular complexity index is 508. The topological polar surface area (TPSA) is 42.7 Å². The molecule has 0 saturated heterocycles. The minimum atomic E-state index is 0.193. The normalized spacial score (nSPS) is 13.4. The van der Waals surface area contributed by atoms with E-state index in [-0.39, 0.29) is 11.5 Å². The van der Waals surface area contributed by atoms with Crippen LogP contribution in [0.3, 0.4) is 0 Å². The van der Waals surface area contributed by atoms with E-state index in [0.29, 0.717) is 0 Å². The summed E-state index contributed by atoms with van der Waals surface area (Å²) in [4.78, 5) is 4.00. The Kier molecular flexibility index (Phi) is 4.55. The van der Waals surface area contributed by atoms with Crippen molar-refractivity contribution in [2.75, 3.05) is 6.54 Å². The highest BCUT2D eigenvalue weighted by atomic mass is 15.3. The van der Waals surface area contributed by atoms with Crippen LogP contribution in [-0.4, -0.2) is 21.3 Å². The van der Waals surface area contributed by atoms with Crippen LogP contribution in [0.15, 0.2) is 36.9 Å². The highest BCUT2D eigenvalue weighted by Crippen LogP contribution is 2.24. The summed E-state index contributed by atoms with van der Waals surface area (Å²) in [7, 11) is 0. The number of aromatic nitrogens is 3. The SMILES string of the molecule is CCNC(Cn1cncn1)c1ccc(C(C)(C)C)cc1. The van der Waals surface area contributed by atoms with Gasteiger partial charge in [-0.2, -0.15) is 5.10 Å². The lowest BCUT2D eigenvalue weighted by Gasteiger charge is -2.22. The lowest BCUT2D eigenvalue weighted by molar-refractivity contribution is 0.447. The molecule has 0 aliphatic carbocycles. The standard InChI is InChI=1S/C16H24N4/c1-5-18-15(10-20-12-17-11-19-20)13-6-8-14(9-7-13)16(2,3)4/h6-9,11-12,15,18H,5,10H2,1-4H3. The number of nitrogens with one attached hydrogen (secondary N) is 1. The molecule has 20 heavy (non-hydrogen) atoms. The molecule has 0 bridgehead atoms. The minimum Gasteiger partial charge on any atom is -0.309 e. The van der Waals surface area contributed by atoms with Crippen molar-refractivity contribution in [2.45, 2.75) is 45.7 Å². The summed E-state index contributed by atoms with van der Waals surface area (Å²) < 4.78 is 1.87. The first-order valence-electron chi connectivity index (χ1n) is 7.17. The van der Waals surface area contributed by atoms with Gasteiger partial charge in [-0.25, -0.2) is 4.98 Å². The second kappa shape index (κ2) is 6.18. The second-order valence-corrected chi connectivity index (χ2v) is 6.10. The summed E-state index contributed by atoms with van der Waals surface area (Å²) in [6.45, 7) is 10.6. The van der Waals surface area contributed by atoms with Gasteiger partial charge in [0.2, 0.25) is 0 Å². The largest absolute Gasteiger partial charge is 0.309 e. The number of rotatable bonds is 5. The van der Waals surface area contributed by atoms with Crippen molar-refractivity contribution in [3.63, 3.8) is 0 Å². The number of nitrogens with zero attached hydrogens (tertiary/aromatic N) is 3. The Morgan fingerprint density at radius 3 is 2.40 bits per heavy atom. The predicted molar refractivity (Wildman–Crippen MR) is 81.6 cm³/mol. The van der Waals surface area contributed by atoms with E-state index < -0.39 is 0 Å². The van der Waals surface area contributed by atoms with E-state index >= 15 is 0 Å². The third kappa shape index (κ3) is 3.67. The third-order valence-corrected chi connectivity index (χ3v) is 3.47. The summed E-state index contributed by atoms with van der Waals surface area (Å²) in [6.07, 6.45) is 3.33. The van der Waals surface area contributed by atoms with Crippen LogP contribution < -0.4 is 5.32 Å². The Morgan fingerprint density at radius 2 is 1.90 bits per heavy atom. The van der Waals surface area contributed by atoms with Gasteiger partial charge >= 0.3 is 0 Å². The number of benzene rings is 1. The molecule has 0 fully saturated rings. The third-order valence-electron chi connectivity index (χ3n) is 3.47. The molecule has 0 radical (unpaired) electrons. The Balaban J connectivity index is 2.17. The quantitative estimate of drug-likeness (QED) is 0.910. The van der Waals surface area contributed by atoms with E-state index in [9.17, 15) is 0 Å². The maximum Gasteiger partial charge on any atom is 0.137 e. The second-order valence-electron chi connectivity index (χ2n) is 6.10. The Hall–Kier alpha value is -1.68. The van der Waals surface area contributed by atoms with E-state index in [1.807, 2.05) is 4.68 Å². The van der Waals surface area contributed by atoms with Crippen molar-refractivity contribution in [2.24, 2.45) is 0 Å². The molecule has 2 aromatic rings. The average Bonchev–Trinajstić information content (AvgIpc) is 2.90. The van der Waals surface area contributed by atoms with Gasteiger partial charge in [0, 0.05) is 0 Å². The molecule has 0 amide bonds. The molecule has 1 atom stereocenters. The summed E-state index contributed by atoms with van der Waals surface area (Å²) in [6, 6.07) is 9.13. The van der Waals surface area contributed by atoms with Gasteiger partial charge in [0.05, 0.1) is 12.6 Å². The lowest BCUT2D eigenvalue weighted by atomic mass is 9.86. The van der Waals surface area contributed by atoms with E-state index in [2.05, 4.69) is 67.4 Å². The highest BCUT2D eigenvalue weighted by Gasteiger charge is 2.15. The van der Waals surface area contributed by atoms with Crippen molar-refractivity contribution in [3.8, 4) is 0 Å². The molecule has 0 saturated carbocycles. The molecule has 108 valence electrons. The van der Waals surface area contributed by atoms with E-state index in [1.54, 1.807) is 12.7 Å². The van der Waals surface area contributed by atoms with Crippen LogP contribution in [0.4, 0.5) is 0 Å². The summed E-state index contributed by atoms with van der Waals surface area (Å²) in [5, 5.41) is 7.69. The van der Waals surface area contributed by atoms with Crippen LogP contribution in [-0.2, 0) is 12.0 Å². The predicted octanol–water partition coefficient (Wildman–Crippen LogP) is 2.93. The van der Waals surface area contributed by atoms with Crippen molar-refractivity contribution in [1.82, 2.24) is 20.1 Å². The van der Waals surface area contributed by atoms with Crippen LogP contribution in [0.2, 0.25) is 0 Å². The highest BCUT2D eigenvalue weighted by molar-refractivity contribution is 5.29. The van der Waals surface area contributed by atoms with Crippen LogP contribution >= 0.6 is 0 Å². The molecule has 1 aromatic heterocycles. The van der Waals surface area contributed by atoms with Crippen molar-refractivity contribution < 1.29 is 0 Å². The van der Waals surface area contributed by atoms with Crippen LogP contribution in [0.1, 0.15) is 44.9 Å². The molecule has 0 spiro atoms. The van der Waals surface area contributed by atoms with E-state index in [4.69, 9.17) is 0 Å². The fraction of sp³-hybridized carbons (Fsp3) is 0.500. The zero-order valence-corrected chi connectivity index (χ0v) is 12.8. The van der Waals surface area contributed by atoms with E-state index in [1.165, 1.54) is 11.1 Å². The molecular formula is C16H24N4. The summed E-state index contributed by atoms with van der Waals surface area (Å²) in [5.74, 6) is 0. The van der Waals surface area contributed by atoms with Crippen LogP contribution in [0, 0.1) is 0 Å². The Labute approximate surface area is 121 Å². The zero-order chi connectivity index (χ0) is 14.6. The molecule has 4 heteroatoms. The maximum absolute atomic E-state index is 4.19. The number of likely N-dealkylation sites (N-methyl/N-ethyl adjacent to an activating group) is 1. The summed E-state index contributed by atoms with van der Waals surface area (Å²) >= 11 is 0. The maximum atomic E-state index is 4.19. The van der Waals surface area contributed by atoms with Gasteiger partial charge in [-0.05, 0) is 23.1 Å². The fourth-order valence-corrected chi connectivity index (χ4v) is 2.26. The average molecular weight is 272 g/mol. The molecule has 0 aliphatic rings. The molecular weight excluding hydrogens is 248 g/mol. The van der Waals surface area contributed by atoms with Gasteiger partial charge in [-0.1, -0.05) is 52.0 Å². The Morgan fingerprint density at radius 1 is 1.20 bits per heavy atom. The molecule has 4 nitrogen and oxygen atoms in total. The first-order chi connectivity index (χ1) is 9.50. The zero-order valence-electron chi connectivity index (χ0n) is 12.8. The van der Waals surface area contributed by atoms with Crippen LogP contribution in [0.25, 0.3) is 0 Å². The van der Waals surface area contributed by atoms with Gasteiger partial charge in [0.1, 0.15) is 12.7 Å².